The molecule has 0 bridgehead atoms. The molecule has 2 aromatic carbocycles. The van der Waals surface area contributed by atoms with Gasteiger partial charge in [-0.15, -0.1) is 0 Å². The van der Waals surface area contributed by atoms with Crippen molar-refractivity contribution in [3.63, 3.8) is 0 Å². The number of benzene rings is 2. The van der Waals surface area contributed by atoms with Gasteiger partial charge in [0.25, 0.3) is 0 Å². The van der Waals surface area contributed by atoms with Crippen molar-refractivity contribution in [2.45, 2.75) is 38.0 Å². The number of ketones is 1. The summed E-state index contributed by atoms with van der Waals surface area (Å²) in [5.41, 5.74) is 5.20. The topological polar surface area (TPSA) is 83.4 Å². The minimum Gasteiger partial charge on any atom is -0.465 e. The van der Waals surface area contributed by atoms with Crippen LogP contribution in [-0.2, 0) is 0 Å². The first-order chi connectivity index (χ1) is 15.5. The summed E-state index contributed by atoms with van der Waals surface area (Å²) in [6.07, 6.45) is 4.24. The molecular formula is C26H27N3O3. The van der Waals surface area contributed by atoms with Crippen molar-refractivity contribution in [3.8, 4) is 0 Å². The van der Waals surface area contributed by atoms with E-state index in [1.165, 1.54) is 16.7 Å². The maximum atomic E-state index is 13.0. The molecule has 0 radical (unpaired) electrons. The molecule has 0 aliphatic carbocycles. The van der Waals surface area contributed by atoms with Crippen molar-refractivity contribution in [3.05, 3.63) is 94.8 Å². The van der Waals surface area contributed by atoms with Crippen LogP contribution in [-0.4, -0.2) is 45.2 Å². The number of amides is 1. The monoisotopic (exact) mass is 429 g/mol. The molecule has 6 heteroatoms. The van der Waals surface area contributed by atoms with Gasteiger partial charge in [0.1, 0.15) is 0 Å². The molecule has 1 fully saturated rings. The van der Waals surface area contributed by atoms with E-state index < -0.39 is 6.09 Å². The van der Waals surface area contributed by atoms with Gasteiger partial charge >= 0.3 is 6.09 Å². The summed E-state index contributed by atoms with van der Waals surface area (Å²) in [4.78, 5) is 25.6. The van der Waals surface area contributed by atoms with Crippen molar-refractivity contribution in [2.24, 2.45) is 0 Å². The molecule has 1 atom stereocenters. The van der Waals surface area contributed by atoms with Gasteiger partial charge in [0, 0.05) is 31.0 Å². The second kappa shape index (κ2) is 9.73. The Hall–Kier alpha value is -3.54. The highest BCUT2D eigenvalue weighted by Crippen LogP contribution is 2.34. The van der Waals surface area contributed by atoms with Crippen molar-refractivity contribution < 1.29 is 14.7 Å². The zero-order valence-electron chi connectivity index (χ0n) is 18.1. The Balaban J connectivity index is 1.57. The zero-order chi connectivity index (χ0) is 22.5. The molecule has 2 heterocycles. The number of aromatic nitrogens is 2. The van der Waals surface area contributed by atoms with Gasteiger partial charge in [-0.05, 0) is 54.0 Å². The molecule has 1 saturated heterocycles. The van der Waals surface area contributed by atoms with Crippen LogP contribution in [0, 0.1) is 6.92 Å². The van der Waals surface area contributed by atoms with Crippen molar-refractivity contribution in [1.82, 2.24) is 15.1 Å². The number of hydrogen-bond acceptors (Lipinski definition) is 4. The second-order valence-corrected chi connectivity index (χ2v) is 8.38. The van der Waals surface area contributed by atoms with E-state index in [-0.39, 0.29) is 11.7 Å². The Morgan fingerprint density at radius 3 is 2.38 bits per heavy atom. The molecule has 1 N–H and O–H groups in total. The van der Waals surface area contributed by atoms with E-state index in [0.29, 0.717) is 31.0 Å². The van der Waals surface area contributed by atoms with E-state index >= 15 is 0 Å². The summed E-state index contributed by atoms with van der Waals surface area (Å²) >= 11 is 0. The summed E-state index contributed by atoms with van der Waals surface area (Å²) in [6, 6.07) is 18.4. The predicted molar refractivity (Wildman–Crippen MR) is 122 cm³/mol. The van der Waals surface area contributed by atoms with Crippen LogP contribution < -0.4 is 0 Å². The van der Waals surface area contributed by atoms with Crippen molar-refractivity contribution in [2.75, 3.05) is 13.1 Å². The third-order valence-corrected chi connectivity index (χ3v) is 6.44. The Bertz CT molecular complexity index is 1070. The molecule has 32 heavy (non-hydrogen) atoms. The van der Waals surface area contributed by atoms with Crippen molar-refractivity contribution >= 4 is 11.9 Å². The fraction of sp³-hybridized carbons (Fsp3) is 0.308. The first-order valence-corrected chi connectivity index (χ1v) is 11.0. The molecule has 3 aromatic rings. The van der Waals surface area contributed by atoms with Crippen molar-refractivity contribution in [1.29, 1.82) is 0 Å². The molecule has 1 aromatic heterocycles. The summed E-state index contributed by atoms with van der Waals surface area (Å²) in [5, 5.41) is 16.8. The smallest absolute Gasteiger partial charge is 0.407 e. The minimum atomic E-state index is -0.839. The number of carbonyl (C=O) groups excluding carboxylic acids is 1. The lowest BCUT2D eigenvalue weighted by atomic mass is 9.82. The lowest BCUT2D eigenvalue weighted by molar-refractivity contribution is 0.0976. The third kappa shape index (κ3) is 4.85. The maximum absolute atomic E-state index is 13.0. The average Bonchev–Trinajstić information content (AvgIpc) is 2.84. The number of likely N-dealkylation sites (tertiary alicyclic amines) is 1. The van der Waals surface area contributed by atoms with Crippen LogP contribution in [0.25, 0.3) is 0 Å². The number of piperidine rings is 1. The average molecular weight is 430 g/mol. The fourth-order valence-electron chi connectivity index (χ4n) is 4.55. The molecule has 6 nitrogen and oxygen atoms in total. The fourth-order valence-corrected chi connectivity index (χ4v) is 4.55. The second-order valence-electron chi connectivity index (χ2n) is 8.38. The highest BCUT2D eigenvalue weighted by atomic mass is 16.4. The summed E-state index contributed by atoms with van der Waals surface area (Å²) in [7, 11) is 0. The largest absolute Gasteiger partial charge is 0.465 e. The van der Waals surface area contributed by atoms with Crippen LogP contribution >= 0.6 is 0 Å². The Morgan fingerprint density at radius 1 is 1.03 bits per heavy atom. The number of Topliss-reactive ketones (excluding diaryl/α,β-unsaturated/α-hetero) is 1. The van der Waals surface area contributed by atoms with Gasteiger partial charge in [-0.3, -0.25) is 4.79 Å². The number of rotatable bonds is 6. The SMILES string of the molecule is Cc1ccccc1C(CC(=O)c1ccnnc1)c1ccc(C2CCN(C(=O)O)CC2)cc1. The molecule has 1 aliphatic rings. The van der Waals surface area contributed by atoms with Gasteiger partial charge in [-0.2, -0.15) is 10.2 Å². The van der Waals surface area contributed by atoms with Gasteiger partial charge in [-0.25, -0.2) is 4.79 Å². The normalized spacial score (nSPS) is 15.3. The molecule has 0 spiro atoms. The molecule has 1 unspecified atom stereocenters. The van der Waals surface area contributed by atoms with E-state index in [1.807, 2.05) is 12.1 Å². The van der Waals surface area contributed by atoms with Crippen LogP contribution in [0.4, 0.5) is 4.79 Å². The van der Waals surface area contributed by atoms with Gasteiger partial charge in [0.15, 0.2) is 5.78 Å². The van der Waals surface area contributed by atoms with Crippen LogP contribution in [0.3, 0.4) is 0 Å². The molecule has 4 rings (SSSR count). The number of nitrogens with zero attached hydrogens (tertiary/aromatic N) is 3. The lowest BCUT2D eigenvalue weighted by Gasteiger charge is -2.30. The highest BCUT2D eigenvalue weighted by Gasteiger charge is 2.25. The molecular weight excluding hydrogens is 402 g/mol. The molecule has 164 valence electrons. The highest BCUT2D eigenvalue weighted by molar-refractivity contribution is 5.96. The Kier molecular flexibility index (Phi) is 6.59. The zero-order valence-corrected chi connectivity index (χ0v) is 18.1. The van der Waals surface area contributed by atoms with Crippen LogP contribution in [0.2, 0.25) is 0 Å². The van der Waals surface area contributed by atoms with Crippen LogP contribution in [0.15, 0.2) is 67.0 Å². The standard InChI is InChI=1S/C26H27N3O3/c1-18-4-2-3-5-23(18)24(16-25(30)22-10-13-27-28-17-22)21-8-6-19(7-9-21)20-11-14-29(15-12-20)26(31)32/h2-10,13,17,20,24H,11-12,14-16H2,1H3,(H,31,32). The van der Waals surface area contributed by atoms with Gasteiger partial charge in [-0.1, -0.05) is 48.5 Å². The Morgan fingerprint density at radius 2 is 1.75 bits per heavy atom. The van der Waals surface area contributed by atoms with Gasteiger partial charge in [0.2, 0.25) is 0 Å². The van der Waals surface area contributed by atoms with E-state index in [2.05, 4.69) is 53.5 Å². The van der Waals surface area contributed by atoms with E-state index in [4.69, 9.17) is 5.11 Å². The number of aryl methyl sites for hydroxylation is 1. The molecule has 0 saturated carbocycles. The summed E-state index contributed by atoms with van der Waals surface area (Å²) in [5.74, 6) is 0.346. The number of carboxylic acid groups (broad SMARTS) is 1. The van der Waals surface area contributed by atoms with E-state index in [9.17, 15) is 9.59 Å². The molecule has 1 aliphatic heterocycles. The first kappa shape index (κ1) is 21.7. The number of carbonyl (C=O) groups is 2. The Labute approximate surface area is 187 Å². The number of hydrogen-bond donors (Lipinski definition) is 1. The first-order valence-electron chi connectivity index (χ1n) is 11.0. The lowest BCUT2D eigenvalue weighted by Crippen LogP contribution is -2.36. The molecule has 1 amide bonds. The summed E-state index contributed by atoms with van der Waals surface area (Å²) in [6.45, 7) is 3.22. The van der Waals surface area contributed by atoms with Gasteiger partial charge < -0.3 is 10.0 Å². The maximum Gasteiger partial charge on any atom is 0.407 e. The quantitative estimate of drug-likeness (QED) is 0.555. The summed E-state index contributed by atoms with van der Waals surface area (Å²) < 4.78 is 0. The minimum absolute atomic E-state index is 0.0401. The third-order valence-electron chi connectivity index (χ3n) is 6.44. The van der Waals surface area contributed by atoms with Gasteiger partial charge in [0.05, 0.1) is 12.4 Å². The van der Waals surface area contributed by atoms with Crippen LogP contribution in [0.5, 0.6) is 0 Å². The van der Waals surface area contributed by atoms with E-state index in [0.717, 1.165) is 29.5 Å². The van der Waals surface area contributed by atoms with Crippen LogP contribution in [0.1, 0.15) is 63.7 Å². The predicted octanol–water partition coefficient (Wildman–Crippen LogP) is 5.05. The van der Waals surface area contributed by atoms with E-state index in [1.54, 1.807) is 12.3 Å².